The van der Waals surface area contributed by atoms with E-state index in [9.17, 15) is 5.11 Å². The van der Waals surface area contributed by atoms with Crippen LogP contribution in [0.15, 0.2) is 18.2 Å². The number of hydrogen-bond donors (Lipinski definition) is 6. The number of hydrogen-bond acceptors (Lipinski definition) is 6. The predicted molar refractivity (Wildman–Crippen MR) is 59.1 cm³/mol. The molecule has 0 amide bonds. The fraction of sp³-hybridized carbons (Fsp3) is 0.200. The average molecular weight is 259 g/mol. The van der Waals surface area contributed by atoms with Crippen LogP contribution in [0.5, 0.6) is 11.5 Å². The number of nitrogens with two attached hydrogens (primary N) is 1. The molecule has 0 fully saturated rings. The van der Waals surface area contributed by atoms with Gasteiger partial charge in [0.15, 0.2) is 11.5 Å². The molecular formula is C10H13NO7. The molecule has 0 saturated heterocycles. The van der Waals surface area contributed by atoms with E-state index in [1.165, 1.54) is 18.2 Å². The number of carbonyl (C=O) groups is 2. The lowest BCUT2D eigenvalue weighted by molar-refractivity contribution is -0.159. The Morgan fingerprint density at radius 1 is 1.11 bits per heavy atom. The third-order valence-corrected chi connectivity index (χ3v) is 1.79. The van der Waals surface area contributed by atoms with E-state index < -0.39 is 18.0 Å². The third-order valence-electron chi connectivity index (χ3n) is 1.79. The van der Waals surface area contributed by atoms with E-state index in [0.29, 0.717) is 5.56 Å². The van der Waals surface area contributed by atoms with Crippen LogP contribution in [0.25, 0.3) is 0 Å². The van der Waals surface area contributed by atoms with Crippen LogP contribution in [0, 0.1) is 0 Å². The van der Waals surface area contributed by atoms with Gasteiger partial charge in [0.2, 0.25) is 0 Å². The molecule has 8 nitrogen and oxygen atoms in total. The average Bonchev–Trinajstić information content (AvgIpc) is 2.32. The number of rotatable bonds is 2. The molecule has 0 aliphatic rings. The highest BCUT2D eigenvalue weighted by Crippen LogP contribution is 2.27. The van der Waals surface area contributed by atoms with Crippen LogP contribution in [0.3, 0.4) is 0 Å². The fourth-order valence-electron chi connectivity index (χ4n) is 0.884. The lowest BCUT2D eigenvalue weighted by atomic mass is 10.1. The fourth-order valence-corrected chi connectivity index (χ4v) is 0.884. The van der Waals surface area contributed by atoms with E-state index in [2.05, 4.69) is 0 Å². The van der Waals surface area contributed by atoms with Gasteiger partial charge in [-0.25, -0.2) is 9.59 Å². The first-order chi connectivity index (χ1) is 8.29. The van der Waals surface area contributed by atoms with Gasteiger partial charge in [0.05, 0.1) is 6.10 Å². The Balaban J connectivity index is 0.000000411. The van der Waals surface area contributed by atoms with E-state index >= 15 is 0 Å². The lowest BCUT2D eigenvalue weighted by Gasteiger charge is -2.08. The second kappa shape index (κ2) is 7.09. The van der Waals surface area contributed by atoms with Gasteiger partial charge in [0.25, 0.3) is 0 Å². The van der Waals surface area contributed by atoms with Crippen LogP contribution in [0.1, 0.15) is 11.7 Å². The molecule has 0 radical (unpaired) electrons. The van der Waals surface area contributed by atoms with Gasteiger partial charge in [-0.05, 0) is 17.7 Å². The normalized spacial score (nSPS) is 11.0. The first-order valence-electron chi connectivity index (χ1n) is 4.65. The smallest absolute Gasteiger partial charge is 0.414 e. The van der Waals surface area contributed by atoms with Gasteiger partial charge >= 0.3 is 11.9 Å². The van der Waals surface area contributed by atoms with Crippen LogP contribution in [0.4, 0.5) is 0 Å². The minimum atomic E-state index is -1.82. The van der Waals surface area contributed by atoms with Gasteiger partial charge in [-0.1, -0.05) is 6.07 Å². The third kappa shape index (κ3) is 5.14. The quantitative estimate of drug-likeness (QED) is 0.298. The minimum absolute atomic E-state index is 0.0875. The molecule has 0 saturated carbocycles. The van der Waals surface area contributed by atoms with Crippen molar-refractivity contribution >= 4 is 11.9 Å². The van der Waals surface area contributed by atoms with Crippen molar-refractivity contribution in [2.75, 3.05) is 6.54 Å². The van der Waals surface area contributed by atoms with Crippen molar-refractivity contribution in [3.8, 4) is 11.5 Å². The monoisotopic (exact) mass is 259 g/mol. The molecule has 7 N–H and O–H groups in total. The van der Waals surface area contributed by atoms with Crippen LogP contribution in [-0.4, -0.2) is 44.0 Å². The summed E-state index contributed by atoms with van der Waals surface area (Å²) >= 11 is 0. The van der Waals surface area contributed by atoms with Gasteiger partial charge in [0, 0.05) is 6.54 Å². The zero-order valence-electron chi connectivity index (χ0n) is 9.15. The molecule has 0 heterocycles. The van der Waals surface area contributed by atoms with Gasteiger partial charge in [-0.15, -0.1) is 0 Å². The highest BCUT2D eigenvalue weighted by molar-refractivity contribution is 6.27. The number of phenolic OH excluding ortho intramolecular Hbond substituents is 2. The van der Waals surface area contributed by atoms with Crippen LogP contribution >= 0.6 is 0 Å². The zero-order valence-corrected chi connectivity index (χ0v) is 9.15. The summed E-state index contributed by atoms with van der Waals surface area (Å²) in [4.78, 5) is 18.2. The Morgan fingerprint density at radius 3 is 1.94 bits per heavy atom. The largest absolute Gasteiger partial charge is 0.504 e. The Morgan fingerprint density at radius 2 is 1.61 bits per heavy atom. The molecule has 0 bridgehead atoms. The first-order valence-corrected chi connectivity index (χ1v) is 4.65. The maximum Gasteiger partial charge on any atom is 0.414 e. The van der Waals surface area contributed by atoms with E-state index in [4.69, 9.17) is 35.7 Å². The van der Waals surface area contributed by atoms with Crippen molar-refractivity contribution in [1.29, 1.82) is 0 Å². The van der Waals surface area contributed by atoms with Crippen molar-refractivity contribution in [3.63, 3.8) is 0 Å². The maximum absolute atomic E-state index is 9.23. The van der Waals surface area contributed by atoms with Crippen molar-refractivity contribution in [3.05, 3.63) is 23.8 Å². The highest BCUT2D eigenvalue weighted by Gasteiger charge is 2.07. The lowest BCUT2D eigenvalue weighted by Crippen LogP contribution is -2.11. The second-order valence-electron chi connectivity index (χ2n) is 3.11. The molecule has 1 aromatic rings. The summed E-state index contributed by atoms with van der Waals surface area (Å²) in [5.74, 6) is -4.10. The van der Waals surface area contributed by atoms with E-state index in [0.717, 1.165) is 0 Å². The molecule has 100 valence electrons. The zero-order chi connectivity index (χ0) is 14.3. The van der Waals surface area contributed by atoms with Crippen molar-refractivity contribution in [2.24, 2.45) is 5.73 Å². The number of aliphatic carboxylic acids is 2. The summed E-state index contributed by atoms with van der Waals surface area (Å²) in [6.45, 7) is 0.0875. The summed E-state index contributed by atoms with van der Waals surface area (Å²) in [6, 6.07) is 4.10. The molecule has 0 spiro atoms. The van der Waals surface area contributed by atoms with E-state index in [-0.39, 0.29) is 18.0 Å². The Bertz CT molecular complexity index is 420. The summed E-state index contributed by atoms with van der Waals surface area (Å²) in [5.41, 5.74) is 5.69. The van der Waals surface area contributed by atoms with Gasteiger partial charge in [-0.3, -0.25) is 0 Å². The molecule has 0 aliphatic heterocycles. The Hall–Kier alpha value is -2.32. The van der Waals surface area contributed by atoms with Crippen LogP contribution < -0.4 is 5.73 Å². The Kier molecular flexibility index (Phi) is 6.18. The topological polar surface area (TPSA) is 161 Å². The number of phenols is 2. The van der Waals surface area contributed by atoms with E-state index in [1.807, 2.05) is 0 Å². The number of aliphatic hydroxyl groups is 1. The van der Waals surface area contributed by atoms with Gasteiger partial charge in [-0.2, -0.15) is 0 Å². The molecule has 8 heteroatoms. The number of benzene rings is 1. The summed E-state index contributed by atoms with van der Waals surface area (Å²) in [6.07, 6.45) is -0.795. The molecule has 1 aromatic carbocycles. The molecule has 0 aromatic heterocycles. The number of carboxylic acid groups (broad SMARTS) is 2. The molecule has 1 rings (SSSR count). The van der Waals surface area contributed by atoms with Crippen LogP contribution in [-0.2, 0) is 9.59 Å². The van der Waals surface area contributed by atoms with Crippen molar-refractivity contribution in [1.82, 2.24) is 0 Å². The summed E-state index contributed by atoms with van der Waals surface area (Å²) in [7, 11) is 0. The number of aromatic hydroxyl groups is 2. The summed E-state index contributed by atoms with van der Waals surface area (Å²) < 4.78 is 0. The standard InChI is InChI=1S/C8H11NO3.C2H2O4/c9-4-8(12)5-1-2-6(10)7(11)3-5;3-1(4)2(5)6/h1-3,8,10-12H,4,9H2;(H,3,4)(H,5,6). The van der Waals surface area contributed by atoms with Crippen LogP contribution in [0.2, 0.25) is 0 Å². The molecule has 18 heavy (non-hydrogen) atoms. The SMILES string of the molecule is NCC(O)c1ccc(O)c(O)c1.O=C(O)C(=O)O. The Labute approximate surface area is 102 Å². The highest BCUT2D eigenvalue weighted by atomic mass is 16.4. The first kappa shape index (κ1) is 15.7. The predicted octanol–water partition coefficient (Wildman–Crippen LogP) is -0.755. The molecule has 0 aliphatic carbocycles. The van der Waals surface area contributed by atoms with Crippen molar-refractivity contribution < 1.29 is 35.1 Å². The van der Waals surface area contributed by atoms with Gasteiger partial charge in [0.1, 0.15) is 0 Å². The van der Waals surface area contributed by atoms with E-state index in [1.54, 1.807) is 0 Å². The molecule has 1 atom stereocenters. The van der Waals surface area contributed by atoms with Crippen molar-refractivity contribution in [2.45, 2.75) is 6.10 Å². The maximum atomic E-state index is 9.23. The molecular weight excluding hydrogens is 246 g/mol. The minimum Gasteiger partial charge on any atom is -0.504 e. The molecule has 1 unspecified atom stereocenters. The number of carboxylic acids is 2. The van der Waals surface area contributed by atoms with Gasteiger partial charge < -0.3 is 31.3 Å². The number of aliphatic hydroxyl groups excluding tert-OH is 1. The summed E-state index contributed by atoms with van der Waals surface area (Å²) in [5, 5.41) is 42.0. The second-order valence-corrected chi connectivity index (χ2v) is 3.11.